The molecular formula is C13H11Cl3N2O. The Bertz CT molecular complexity index is 570. The number of benzene rings is 1. The average molecular weight is 318 g/mol. The van der Waals surface area contributed by atoms with Crippen molar-refractivity contribution in [1.29, 1.82) is 0 Å². The van der Waals surface area contributed by atoms with Gasteiger partial charge in [0.25, 0.3) is 9.68 Å². The lowest BCUT2D eigenvalue weighted by atomic mass is 10.1. The lowest BCUT2D eigenvalue weighted by molar-refractivity contribution is 0.493. The SMILES string of the molecule is CCc1ccc(C=Cc2nnc(C(Cl)(Cl)Cl)o2)cc1. The fraction of sp³-hybridized carbons (Fsp3) is 0.231. The quantitative estimate of drug-likeness (QED) is 0.775. The first-order valence-electron chi connectivity index (χ1n) is 5.67. The Morgan fingerprint density at radius 2 is 1.79 bits per heavy atom. The van der Waals surface area contributed by atoms with Gasteiger partial charge in [0.2, 0.25) is 5.89 Å². The van der Waals surface area contributed by atoms with Crippen LogP contribution in [0.2, 0.25) is 0 Å². The van der Waals surface area contributed by atoms with E-state index >= 15 is 0 Å². The summed E-state index contributed by atoms with van der Waals surface area (Å²) in [6, 6.07) is 8.17. The summed E-state index contributed by atoms with van der Waals surface area (Å²) in [6.45, 7) is 2.11. The zero-order valence-electron chi connectivity index (χ0n) is 10.1. The third-order valence-corrected chi connectivity index (χ3v) is 2.97. The molecule has 0 saturated carbocycles. The maximum Gasteiger partial charge on any atom is 0.268 e. The molecule has 1 aromatic heterocycles. The van der Waals surface area contributed by atoms with Crippen molar-refractivity contribution in [2.45, 2.75) is 17.1 Å². The fourth-order valence-electron chi connectivity index (χ4n) is 1.45. The number of aromatic nitrogens is 2. The molecule has 2 rings (SSSR count). The first kappa shape index (κ1) is 14.4. The fourth-order valence-corrected chi connectivity index (χ4v) is 1.68. The van der Waals surface area contributed by atoms with Crippen molar-refractivity contribution in [2.24, 2.45) is 0 Å². The van der Waals surface area contributed by atoms with Crippen LogP contribution < -0.4 is 0 Å². The maximum atomic E-state index is 5.63. The highest BCUT2D eigenvalue weighted by Crippen LogP contribution is 2.37. The van der Waals surface area contributed by atoms with Gasteiger partial charge < -0.3 is 4.42 Å². The third-order valence-electron chi connectivity index (χ3n) is 2.49. The second-order valence-electron chi connectivity index (χ2n) is 3.87. The summed E-state index contributed by atoms with van der Waals surface area (Å²) in [7, 11) is 0. The first-order valence-corrected chi connectivity index (χ1v) is 6.80. The number of aryl methyl sites for hydroxylation is 1. The molecule has 19 heavy (non-hydrogen) atoms. The van der Waals surface area contributed by atoms with Gasteiger partial charge in [-0.15, -0.1) is 10.2 Å². The van der Waals surface area contributed by atoms with E-state index in [0.717, 1.165) is 12.0 Å². The zero-order chi connectivity index (χ0) is 13.9. The molecule has 0 bridgehead atoms. The molecule has 0 aliphatic heterocycles. The van der Waals surface area contributed by atoms with Crippen LogP contribution in [0.1, 0.15) is 29.8 Å². The average Bonchev–Trinajstić information content (AvgIpc) is 2.86. The van der Waals surface area contributed by atoms with Gasteiger partial charge in [-0.05, 0) is 23.6 Å². The zero-order valence-corrected chi connectivity index (χ0v) is 12.4. The van der Waals surface area contributed by atoms with E-state index in [1.54, 1.807) is 6.08 Å². The molecule has 100 valence electrons. The van der Waals surface area contributed by atoms with E-state index in [1.807, 2.05) is 18.2 Å². The maximum absolute atomic E-state index is 5.63. The summed E-state index contributed by atoms with van der Waals surface area (Å²) in [4.78, 5) is 0. The number of rotatable bonds is 3. The summed E-state index contributed by atoms with van der Waals surface area (Å²) >= 11 is 16.9. The highest BCUT2D eigenvalue weighted by Gasteiger charge is 2.29. The molecule has 0 aliphatic rings. The van der Waals surface area contributed by atoms with Gasteiger partial charge in [-0.1, -0.05) is 66.0 Å². The van der Waals surface area contributed by atoms with Gasteiger partial charge in [-0.3, -0.25) is 0 Å². The monoisotopic (exact) mass is 316 g/mol. The normalized spacial score (nSPS) is 12.2. The molecule has 0 amide bonds. The van der Waals surface area contributed by atoms with E-state index in [4.69, 9.17) is 39.2 Å². The second kappa shape index (κ2) is 5.95. The van der Waals surface area contributed by atoms with Gasteiger partial charge in [-0.25, -0.2) is 0 Å². The number of hydrogen-bond donors (Lipinski definition) is 0. The van der Waals surface area contributed by atoms with Crippen LogP contribution in [-0.4, -0.2) is 10.2 Å². The van der Waals surface area contributed by atoms with E-state index < -0.39 is 3.79 Å². The minimum absolute atomic E-state index is 0.0431. The van der Waals surface area contributed by atoms with E-state index in [0.29, 0.717) is 5.89 Å². The van der Waals surface area contributed by atoms with Crippen LogP contribution in [-0.2, 0) is 10.2 Å². The second-order valence-corrected chi connectivity index (χ2v) is 6.15. The van der Waals surface area contributed by atoms with Crippen LogP contribution >= 0.6 is 34.8 Å². The summed E-state index contributed by atoms with van der Waals surface area (Å²) in [5.74, 6) is 0.249. The van der Waals surface area contributed by atoms with Gasteiger partial charge in [0.1, 0.15) is 0 Å². The largest absolute Gasteiger partial charge is 0.417 e. The number of alkyl halides is 3. The minimum atomic E-state index is -1.69. The van der Waals surface area contributed by atoms with Gasteiger partial charge in [0.05, 0.1) is 0 Å². The van der Waals surface area contributed by atoms with E-state index in [-0.39, 0.29) is 5.89 Å². The molecular weight excluding hydrogens is 307 g/mol. The van der Waals surface area contributed by atoms with E-state index in [1.165, 1.54) is 5.56 Å². The standard InChI is InChI=1S/C13H11Cl3N2O/c1-2-9-3-5-10(6-4-9)7-8-11-17-18-12(19-11)13(14,15)16/h3-8H,2H2,1H3. The van der Waals surface area contributed by atoms with Gasteiger partial charge in [0.15, 0.2) is 0 Å². The number of halogens is 3. The van der Waals surface area contributed by atoms with Crippen LogP contribution in [0.3, 0.4) is 0 Å². The lowest BCUT2D eigenvalue weighted by Crippen LogP contribution is -1.99. The first-order chi connectivity index (χ1) is 8.99. The summed E-state index contributed by atoms with van der Waals surface area (Å²) in [5.41, 5.74) is 2.32. The van der Waals surface area contributed by atoms with E-state index in [2.05, 4.69) is 29.3 Å². The molecule has 0 spiro atoms. The molecule has 0 unspecified atom stereocenters. The Morgan fingerprint density at radius 3 is 2.32 bits per heavy atom. The Morgan fingerprint density at radius 1 is 1.11 bits per heavy atom. The Kier molecular flexibility index (Phi) is 4.50. The molecule has 0 fully saturated rings. The smallest absolute Gasteiger partial charge is 0.268 e. The van der Waals surface area contributed by atoms with Crippen molar-refractivity contribution in [3.05, 3.63) is 47.2 Å². The Balaban J connectivity index is 2.11. The lowest BCUT2D eigenvalue weighted by Gasteiger charge is -2.01. The van der Waals surface area contributed by atoms with Crippen molar-refractivity contribution in [1.82, 2.24) is 10.2 Å². The topological polar surface area (TPSA) is 38.9 Å². The molecule has 3 nitrogen and oxygen atoms in total. The highest BCUT2D eigenvalue weighted by atomic mass is 35.6. The minimum Gasteiger partial charge on any atom is -0.417 e. The summed E-state index contributed by atoms with van der Waals surface area (Å²) in [6.07, 6.45) is 4.54. The Labute approximate surface area is 126 Å². The molecule has 1 aromatic carbocycles. The van der Waals surface area contributed by atoms with Gasteiger partial charge in [-0.2, -0.15) is 0 Å². The van der Waals surface area contributed by atoms with Crippen LogP contribution in [0.4, 0.5) is 0 Å². The van der Waals surface area contributed by atoms with Crippen molar-refractivity contribution in [3.63, 3.8) is 0 Å². The van der Waals surface area contributed by atoms with Crippen LogP contribution in [0.5, 0.6) is 0 Å². The van der Waals surface area contributed by atoms with Gasteiger partial charge >= 0.3 is 0 Å². The molecule has 0 N–H and O–H groups in total. The van der Waals surface area contributed by atoms with Crippen molar-refractivity contribution in [3.8, 4) is 0 Å². The third kappa shape index (κ3) is 3.96. The molecule has 6 heteroatoms. The predicted octanol–water partition coefficient (Wildman–Crippen LogP) is 4.63. The van der Waals surface area contributed by atoms with Gasteiger partial charge in [0, 0.05) is 6.08 Å². The van der Waals surface area contributed by atoms with Crippen molar-refractivity contribution >= 4 is 47.0 Å². The van der Waals surface area contributed by atoms with Crippen molar-refractivity contribution in [2.75, 3.05) is 0 Å². The van der Waals surface area contributed by atoms with Crippen molar-refractivity contribution < 1.29 is 4.42 Å². The number of nitrogens with zero attached hydrogens (tertiary/aromatic N) is 2. The Hall–Kier alpha value is -1.03. The summed E-state index contributed by atoms with van der Waals surface area (Å²) < 4.78 is 3.52. The molecule has 0 aliphatic carbocycles. The van der Waals surface area contributed by atoms with Crippen LogP contribution in [0.25, 0.3) is 12.2 Å². The molecule has 2 aromatic rings. The highest BCUT2D eigenvalue weighted by molar-refractivity contribution is 6.66. The predicted molar refractivity (Wildman–Crippen MR) is 78.3 cm³/mol. The molecule has 0 atom stereocenters. The van der Waals surface area contributed by atoms with Crippen LogP contribution in [0, 0.1) is 0 Å². The molecule has 0 saturated heterocycles. The summed E-state index contributed by atoms with van der Waals surface area (Å²) in [5, 5.41) is 7.44. The van der Waals surface area contributed by atoms with Crippen LogP contribution in [0.15, 0.2) is 28.7 Å². The molecule has 1 heterocycles. The van der Waals surface area contributed by atoms with E-state index in [9.17, 15) is 0 Å². The number of hydrogen-bond acceptors (Lipinski definition) is 3. The molecule has 0 radical (unpaired) electrons.